The Morgan fingerprint density at radius 1 is 1.67 bits per heavy atom. The molecule has 1 aliphatic rings. The summed E-state index contributed by atoms with van der Waals surface area (Å²) < 4.78 is 0.636. The average Bonchev–Trinajstić information content (AvgIpc) is 2.58. The number of carbonyl (C=O) groups excluding carboxylic acids is 1. The van der Waals surface area contributed by atoms with Gasteiger partial charge in [-0.05, 0) is 12.1 Å². The van der Waals surface area contributed by atoms with Crippen molar-refractivity contribution < 1.29 is 4.79 Å². The average molecular weight is 239 g/mol. The molecular weight excluding hydrogens is 230 g/mol. The van der Waals surface area contributed by atoms with Crippen LogP contribution in [0.25, 0.3) is 0 Å². The maximum atomic E-state index is 11.4. The first-order chi connectivity index (χ1) is 7.27. The van der Waals surface area contributed by atoms with Gasteiger partial charge in [0.2, 0.25) is 5.91 Å². The first-order valence-electron chi connectivity index (χ1n) is 4.38. The monoisotopic (exact) mass is 239 g/mol. The van der Waals surface area contributed by atoms with E-state index in [1.807, 2.05) is 12.1 Å². The van der Waals surface area contributed by atoms with Crippen LogP contribution >= 0.6 is 24.0 Å². The van der Waals surface area contributed by atoms with Crippen LogP contribution in [0.5, 0.6) is 0 Å². The van der Waals surface area contributed by atoms with Crippen molar-refractivity contribution in [2.45, 2.75) is 0 Å². The molecule has 0 aromatic carbocycles. The van der Waals surface area contributed by atoms with Crippen molar-refractivity contribution in [3.63, 3.8) is 0 Å². The quantitative estimate of drug-likeness (QED) is 0.806. The van der Waals surface area contributed by atoms with Crippen molar-refractivity contribution in [2.75, 3.05) is 17.7 Å². The number of anilines is 1. The van der Waals surface area contributed by atoms with Crippen LogP contribution in [0.4, 0.5) is 5.69 Å². The van der Waals surface area contributed by atoms with Gasteiger partial charge in [0.25, 0.3) is 0 Å². The molecule has 78 valence electrons. The minimum Gasteiger partial charge on any atom is -0.366 e. The lowest BCUT2D eigenvalue weighted by atomic mass is 10.4. The molecule has 0 spiro atoms. The predicted molar refractivity (Wildman–Crippen MR) is 64.6 cm³/mol. The third-order valence-corrected chi connectivity index (χ3v) is 3.38. The van der Waals surface area contributed by atoms with Gasteiger partial charge in [-0.2, -0.15) is 0 Å². The summed E-state index contributed by atoms with van der Waals surface area (Å²) in [5.74, 6) is 0.509. The Bertz CT molecular complexity index is 366. The summed E-state index contributed by atoms with van der Waals surface area (Å²) in [6.45, 7) is 0.413. The zero-order chi connectivity index (χ0) is 10.7. The predicted octanol–water partition coefficient (Wildman–Crippen LogP) is 1.31. The molecule has 6 heteroatoms. The van der Waals surface area contributed by atoms with Crippen molar-refractivity contribution in [3.8, 4) is 0 Å². The molecule has 4 nitrogen and oxygen atoms in total. The van der Waals surface area contributed by atoms with Crippen LogP contribution in [-0.4, -0.2) is 32.5 Å². The molecule has 1 fully saturated rings. The van der Waals surface area contributed by atoms with Crippen LogP contribution in [0.3, 0.4) is 0 Å². The van der Waals surface area contributed by atoms with Crippen molar-refractivity contribution in [1.29, 1.82) is 0 Å². The van der Waals surface area contributed by atoms with Gasteiger partial charge in [-0.1, -0.05) is 24.0 Å². The van der Waals surface area contributed by atoms with E-state index in [4.69, 9.17) is 12.2 Å². The Morgan fingerprint density at radius 3 is 3.13 bits per heavy atom. The number of hydrogen-bond acceptors (Lipinski definition) is 5. The SMILES string of the molecule is O=C1CSC(=S)N1CNc1cccnc1. The maximum Gasteiger partial charge on any atom is 0.239 e. The Hall–Kier alpha value is -1.14. The molecule has 15 heavy (non-hydrogen) atoms. The normalized spacial score (nSPS) is 15.9. The second-order valence-electron chi connectivity index (χ2n) is 2.95. The van der Waals surface area contributed by atoms with E-state index < -0.39 is 0 Å². The highest BCUT2D eigenvalue weighted by Gasteiger charge is 2.25. The standard InChI is InChI=1S/C9H9N3OS2/c13-8-5-15-9(14)12(8)6-11-7-2-1-3-10-4-7/h1-4,11H,5-6H2. The third kappa shape index (κ3) is 2.45. The highest BCUT2D eigenvalue weighted by atomic mass is 32.2. The van der Waals surface area contributed by atoms with Crippen molar-refractivity contribution in [3.05, 3.63) is 24.5 Å². The first-order valence-corrected chi connectivity index (χ1v) is 5.78. The van der Waals surface area contributed by atoms with E-state index in [-0.39, 0.29) is 5.91 Å². The zero-order valence-electron chi connectivity index (χ0n) is 7.84. The Morgan fingerprint density at radius 2 is 2.53 bits per heavy atom. The molecule has 0 saturated carbocycles. The van der Waals surface area contributed by atoms with Crippen LogP contribution < -0.4 is 5.32 Å². The van der Waals surface area contributed by atoms with E-state index in [9.17, 15) is 4.79 Å². The van der Waals surface area contributed by atoms with Gasteiger partial charge in [0, 0.05) is 12.4 Å². The molecule has 1 amide bonds. The van der Waals surface area contributed by atoms with Crippen molar-refractivity contribution in [1.82, 2.24) is 9.88 Å². The Labute approximate surface area is 97.1 Å². The summed E-state index contributed by atoms with van der Waals surface area (Å²) in [6, 6.07) is 3.73. The van der Waals surface area contributed by atoms with Crippen LogP contribution in [0.1, 0.15) is 0 Å². The fourth-order valence-electron chi connectivity index (χ4n) is 1.17. The molecule has 0 bridgehead atoms. The van der Waals surface area contributed by atoms with E-state index in [1.54, 1.807) is 17.3 Å². The summed E-state index contributed by atoms with van der Waals surface area (Å²) in [5, 5.41) is 3.09. The van der Waals surface area contributed by atoms with Gasteiger partial charge in [0.15, 0.2) is 0 Å². The van der Waals surface area contributed by atoms with Gasteiger partial charge in [-0.3, -0.25) is 14.7 Å². The van der Waals surface area contributed by atoms with Gasteiger partial charge in [0.05, 0.1) is 18.1 Å². The number of aromatic nitrogens is 1. The molecule has 0 unspecified atom stereocenters. The summed E-state index contributed by atoms with van der Waals surface area (Å²) in [6.07, 6.45) is 3.41. The summed E-state index contributed by atoms with van der Waals surface area (Å²) in [5.41, 5.74) is 0.880. The highest BCUT2D eigenvalue weighted by molar-refractivity contribution is 8.23. The number of amides is 1. The number of nitrogens with one attached hydrogen (secondary N) is 1. The first kappa shape index (κ1) is 10.4. The minimum atomic E-state index is 0.0568. The number of thiocarbonyl (C=S) groups is 1. The fourth-order valence-corrected chi connectivity index (χ4v) is 2.24. The second kappa shape index (κ2) is 4.59. The second-order valence-corrected chi connectivity index (χ2v) is 4.56. The smallest absolute Gasteiger partial charge is 0.239 e. The maximum absolute atomic E-state index is 11.4. The van der Waals surface area contributed by atoms with E-state index in [0.29, 0.717) is 16.7 Å². The van der Waals surface area contributed by atoms with Crippen LogP contribution in [-0.2, 0) is 4.79 Å². The summed E-state index contributed by atoms with van der Waals surface area (Å²) >= 11 is 6.45. The summed E-state index contributed by atoms with van der Waals surface area (Å²) in [4.78, 5) is 16.9. The lowest BCUT2D eigenvalue weighted by molar-refractivity contribution is -0.123. The number of rotatable bonds is 3. The molecule has 0 radical (unpaired) electrons. The molecule has 1 saturated heterocycles. The lowest BCUT2D eigenvalue weighted by Gasteiger charge is -2.15. The number of thioether (sulfide) groups is 1. The van der Waals surface area contributed by atoms with Gasteiger partial charge < -0.3 is 5.32 Å². The Balaban J connectivity index is 1.93. The van der Waals surface area contributed by atoms with E-state index in [2.05, 4.69) is 10.3 Å². The van der Waals surface area contributed by atoms with Crippen molar-refractivity contribution in [2.24, 2.45) is 0 Å². The molecule has 1 N–H and O–H groups in total. The molecule has 1 aromatic heterocycles. The van der Waals surface area contributed by atoms with Gasteiger partial charge in [-0.15, -0.1) is 0 Å². The van der Waals surface area contributed by atoms with Crippen molar-refractivity contribution >= 4 is 39.9 Å². The van der Waals surface area contributed by atoms with Crippen LogP contribution in [0.15, 0.2) is 24.5 Å². The third-order valence-electron chi connectivity index (χ3n) is 1.94. The molecule has 0 aliphatic carbocycles. The molecular formula is C9H9N3OS2. The summed E-state index contributed by atoms with van der Waals surface area (Å²) in [7, 11) is 0. The van der Waals surface area contributed by atoms with Gasteiger partial charge in [0.1, 0.15) is 4.32 Å². The van der Waals surface area contributed by atoms with E-state index in [1.165, 1.54) is 11.8 Å². The molecule has 1 aliphatic heterocycles. The Kier molecular flexibility index (Phi) is 3.17. The van der Waals surface area contributed by atoms with Crippen LogP contribution in [0, 0.1) is 0 Å². The molecule has 1 aromatic rings. The largest absolute Gasteiger partial charge is 0.366 e. The zero-order valence-corrected chi connectivity index (χ0v) is 9.48. The topological polar surface area (TPSA) is 45.2 Å². The number of nitrogens with zero attached hydrogens (tertiary/aromatic N) is 2. The molecule has 2 heterocycles. The van der Waals surface area contributed by atoms with E-state index >= 15 is 0 Å². The fraction of sp³-hybridized carbons (Fsp3) is 0.222. The highest BCUT2D eigenvalue weighted by Crippen LogP contribution is 2.18. The van der Waals surface area contributed by atoms with Crippen LogP contribution in [0.2, 0.25) is 0 Å². The van der Waals surface area contributed by atoms with Gasteiger partial charge in [-0.25, -0.2) is 0 Å². The number of pyridine rings is 1. The molecule has 0 atom stereocenters. The minimum absolute atomic E-state index is 0.0568. The lowest BCUT2D eigenvalue weighted by Crippen LogP contribution is -2.33. The number of carbonyl (C=O) groups is 1. The van der Waals surface area contributed by atoms with Gasteiger partial charge >= 0.3 is 0 Å². The number of hydrogen-bond donors (Lipinski definition) is 1. The van der Waals surface area contributed by atoms with E-state index in [0.717, 1.165) is 5.69 Å². The molecule has 2 rings (SSSR count).